The van der Waals surface area contributed by atoms with Crippen molar-refractivity contribution < 1.29 is 28.9 Å². The van der Waals surface area contributed by atoms with Crippen LogP contribution >= 0.6 is 0 Å². The molecule has 1 N–H and O–H groups in total. The standard InChI is InChI=1S/C37H57N2O6/c1-21(2)28(45-32(42)39-17-10-18-39)23-19-22(3)27-29(43-23)30(40)35(7)25-12-11-24-33(4,5)26(44-31(41)38(8)9)13-14-36(24)20-37(25,36)16-15-34(27,35)6/h21-22,24,26-28,30,40H,10-20H2,1-9H3/t22-,24+,26?,27+,28-,30+,34-,35-,36-,37+/m1/s1. The molecule has 2 amide bonds. The third-order valence-electron chi connectivity index (χ3n) is 14.9. The second-order valence-corrected chi connectivity index (χ2v) is 17.7. The van der Waals surface area contributed by atoms with Gasteiger partial charge in [-0.15, -0.1) is 0 Å². The summed E-state index contributed by atoms with van der Waals surface area (Å²) in [6, 6.07) is 0. The number of amides is 2. The second-order valence-electron chi connectivity index (χ2n) is 17.7. The van der Waals surface area contributed by atoms with E-state index in [1.54, 1.807) is 29.8 Å². The highest BCUT2D eigenvalue weighted by atomic mass is 16.6. The molecule has 251 valence electrons. The number of aliphatic hydroxyl groups excluding tert-OH is 1. The van der Waals surface area contributed by atoms with Crippen LogP contribution in [0.5, 0.6) is 0 Å². The molecule has 8 nitrogen and oxygen atoms in total. The summed E-state index contributed by atoms with van der Waals surface area (Å²) in [6.45, 7) is 17.5. The predicted octanol–water partition coefficient (Wildman–Crippen LogP) is 7.02. The minimum Gasteiger partial charge on any atom is -0.446 e. The van der Waals surface area contributed by atoms with E-state index in [-0.39, 0.29) is 63.1 Å². The normalized spacial score (nSPS) is 46.1. The van der Waals surface area contributed by atoms with Crippen LogP contribution < -0.4 is 0 Å². The first-order chi connectivity index (χ1) is 21.0. The van der Waals surface area contributed by atoms with Crippen LogP contribution in [-0.4, -0.2) is 72.6 Å². The number of nitrogens with zero attached hydrogens (tertiary/aromatic N) is 2. The maximum Gasteiger partial charge on any atom is 0.410 e. The molecular formula is C37H57N2O6. The van der Waals surface area contributed by atoms with Crippen molar-refractivity contribution >= 4 is 12.2 Å². The Morgan fingerprint density at radius 1 is 1.07 bits per heavy atom. The SMILES string of the molecule is CC(C)[C@@H](OC(=O)N1CCC1)[C]1C[C@@H](C)[C@H]2[C](O1)[C@H](O)[C@@]1(C)[C]3CC[C@H]4C(C)(C)C(OC(=O)N(C)C)CC[C@@]45C[C@@]35CC[C@]21C. The molecule has 2 saturated heterocycles. The summed E-state index contributed by atoms with van der Waals surface area (Å²) < 4.78 is 19.0. The van der Waals surface area contributed by atoms with Crippen molar-refractivity contribution in [2.45, 2.75) is 125 Å². The number of carbonyl (C=O) groups is 2. The molecule has 2 spiro atoms. The number of ether oxygens (including phenoxy) is 3. The van der Waals surface area contributed by atoms with Gasteiger partial charge >= 0.3 is 12.2 Å². The molecule has 7 fully saturated rings. The monoisotopic (exact) mass is 625 g/mol. The molecule has 3 radical (unpaired) electrons. The molecule has 5 saturated carbocycles. The number of hydrogen-bond donors (Lipinski definition) is 1. The van der Waals surface area contributed by atoms with Crippen molar-refractivity contribution in [3.8, 4) is 0 Å². The maximum atomic E-state index is 12.9. The van der Waals surface area contributed by atoms with E-state index in [9.17, 15) is 14.7 Å². The van der Waals surface area contributed by atoms with Gasteiger partial charge in [0.1, 0.15) is 24.4 Å². The van der Waals surface area contributed by atoms with Crippen LogP contribution in [0.4, 0.5) is 9.59 Å². The fourth-order valence-corrected chi connectivity index (χ4v) is 12.3. The first-order valence-corrected chi connectivity index (χ1v) is 17.8. The maximum absolute atomic E-state index is 12.9. The van der Waals surface area contributed by atoms with Gasteiger partial charge in [-0.2, -0.15) is 0 Å². The van der Waals surface area contributed by atoms with Gasteiger partial charge < -0.3 is 29.1 Å². The van der Waals surface area contributed by atoms with Crippen molar-refractivity contribution in [3.05, 3.63) is 18.1 Å². The van der Waals surface area contributed by atoms with Gasteiger partial charge in [0.15, 0.2) is 0 Å². The van der Waals surface area contributed by atoms with Crippen molar-refractivity contribution in [2.75, 3.05) is 27.2 Å². The topological polar surface area (TPSA) is 88.5 Å². The third-order valence-corrected chi connectivity index (χ3v) is 14.9. The van der Waals surface area contributed by atoms with Gasteiger partial charge in [0.05, 0.1) is 6.10 Å². The highest BCUT2D eigenvalue weighted by molar-refractivity contribution is 5.69. The Morgan fingerprint density at radius 3 is 2.40 bits per heavy atom. The molecule has 0 aromatic rings. The van der Waals surface area contributed by atoms with Crippen LogP contribution in [0.25, 0.3) is 0 Å². The Morgan fingerprint density at radius 2 is 1.78 bits per heavy atom. The minimum absolute atomic E-state index is 0.0746. The van der Waals surface area contributed by atoms with Gasteiger partial charge in [-0.1, -0.05) is 48.5 Å². The molecule has 45 heavy (non-hydrogen) atoms. The predicted molar refractivity (Wildman–Crippen MR) is 170 cm³/mol. The lowest BCUT2D eigenvalue weighted by molar-refractivity contribution is -0.128. The van der Waals surface area contributed by atoms with E-state index in [2.05, 4.69) is 48.5 Å². The number of likely N-dealkylation sites (tertiary alicyclic amines) is 1. The van der Waals surface area contributed by atoms with E-state index in [1.165, 1.54) is 12.8 Å². The molecule has 0 aromatic carbocycles. The average Bonchev–Trinajstić information content (AvgIpc) is 3.56. The average molecular weight is 626 g/mol. The molecular weight excluding hydrogens is 568 g/mol. The van der Waals surface area contributed by atoms with Gasteiger partial charge in [-0.3, -0.25) is 0 Å². The van der Waals surface area contributed by atoms with Gasteiger partial charge in [-0.25, -0.2) is 9.59 Å². The summed E-state index contributed by atoms with van der Waals surface area (Å²) in [4.78, 5) is 28.8. The molecule has 2 heterocycles. The third kappa shape index (κ3) is 4.08. The van der Waals surface area contributed by atoms with Gasteiger partial charge in [-0.05, 0) is 97.7 Å². The fourth-order valence-electron chi connectivity index (χ4n) is 12.3. The van der Waals surface area contributed by atoms with Crippen molar-refractivity contribution in [1.82, 2.24) is 9.80 Å². The summed E-state index contributed by atoms with van der Waals surface area (Å²) in [7, 11) is 3.52. The number of fused-ring (bicyclic) bond motifs is 4. The molecule has 0 bridgehead atoms. The lowest BCUT2D eigenvalue weighted by Crippen LogP contribution is -2.59. The van der Waals surface area contributed by atoms with E-state index in [0.29, 0.717) is 5.92 Å². The van der Waals surface area contributed by atoms with Crippen LogP contribution in [0.3, 0.4) is 0 Å². The van der Waals surface area contributed by atoms with E-state index in [4.69, 9.17) is 14.2 Å². The molecule has 5 aliphatic carbocycles. The summed E-state index contributed by atoms with van der Waals surface area (Å²) in [5.41, 5.74) is -0.192. The van der Waals surface area contributed by atoms with Crippen LogP contribution in [-0.2, 0) is 14.2 Å². The zero-order valence-electron chi connectivity index (χ0n) is 29.2. The van der Waals surface area contributed by atoms with E-state index in [0.717, 1.165) is 70.2 Å². The summed E-state index contributed by atoms with van der Waals surface area (Å²) in [5, 5.41) is 12.5. The minimum atomic E-state index is -0.684. The van der Waals surface area contributed by atoms with Crippen LogP contribution in [0.2, 0.25) is 0 Å². The first kappa shape index (κ1) is 32.0. The molecule has 2 aliphatic heterocycles. The van der Waals surface area contributed by atoms with E-state index < -0.39 is 12.2 Å². The largest absolute Gasteiger partial charge is 0.446 e. The summed E-state index contributed by atoms with van der Waals surface area (Å²) in [5.74, 6) is 2.61. The Labute approximate surface area is 271 Å². The van der Waals surface area contributed by atoms with Gasteiger partial charge in [0, 0.05) is 43.9 Å². The number of rotatable bonds is 4. The number of aliphatic hydroxyl groups is 1. The molecule has 8 heteroatoms. The number of hydrogen-bond acceptors (Lipinski definition) is 6. The Hall–Kier alpha value is -1.54. The summed E-state index contributed by atoms with van der Waals surface area (Å²) >= 11 is 0. The van der Waals surface area contributed by atoms with Gasteiger partial charge in [0.25, 0.3) is 0 Å². The molecule has 10 atom stereocenters. The van der Waals surface area contributed by atoms with Crippen LogP contribution in [0, 0.1) is 68.9 Å². The smallest absolute Gasteiger partial charge is 0.410 e. The van der Waals surface area contributed by atoms with Crippen LogP contribution in [0.15, 0.2) is 0 Å². The Bertz CT molecular complexity index is 1220. The molecule has 7 aliphatic rings. The van der Waals surface area contributed by atoms with Gasteiger partial charge in [0.2, 0.25) is 0 Å². The van der Waals surface area contributed by atoms with Crippen molar-refractivity contribution in [2.24, 2.45) is 50.7 Å². The Kier molecular flexibility index (Phi) is 7.28. The Balaban J connectivity index is 1.15. The number of carbonyl (C=O) groups excluding carboxylic acids is 2. The second kappa shape index (κ2) is 10.2. The van der Waals surface area contributed by atoms with E-state index in [1.807, 2.05) is 0 Å². The summed E-state index contributed by atoms with van der Waals surface area (Å²) in [6.07, 6.45) is 9.25. The lowest BCUT2D eigenvalue weighted by Gasteiger charge is -2.63. The first-order valence-electron chi connectivity index (χ1n) is 17.8. The van der Waals surface area contributed by atoms with E-state index >= 15 is 0 Å². The van der Waals surface area contributed by atoms with Crippen molar-refractivity contribution in [3.63, 3.8) is 0 Å². The molecule has 7 rings (SSSR count). The lowest BCUT2D eigenvalue weighted by atomic mass is 9.41. The zero-order valence-corrected chi connectivity index (χ0v) is 29.2. The zero-order chi connectivity index (χ0) is 32.5. The highest BCUT2D eigenvalue weighted by Gasteiger charge is 2.85. The molecule has 1 unspecified atom stereocenters. The van der Waals surface area contributed by atoms with Crippen LogP contribution in [0.1, 0.15) is 106 Å². The quantitative estimate of drug-likeness (QED) is 0.361. The van der Waals surface area contributed by atoms with Crippen molar-refractivity contribution in [1.29, 1.82) is 0 Å². The fraction of sp³-hybridized carbons (Fsp3) is 0.865. The molecule has 0 aromatic heterocycles. The highest BCUT2D eigenvalue weighted by Crippen LogP contribution is 2.90.